The predicted molar refractivity (Wildman–Crippen MR) is 136 cm³/mol. The number of carboxylic acids is 1. The van der Waals surface area contributed by atoms with Crippen molar-refractivity contribution in [2.45, 2.75) is 51.9 Å². The van der Waals surface area contributed by atoms with Gasteiger partial charge in [0.1, 0.15) is 0 Å². The molecule has 1 N–H and O–H groups in total. The quantitative estimate of drug-likeness (QED) is 0.371. The number of methoxy groups -OCH3 is 1. The Morgan fingerprint density at radius 1 is 1.17 bits per heavy atom. The Balaban J connectivity index is 0.00000342. The minimum absolute atomic E-state index is 0. The van der Waals surface area contributed by atoms with Gasteiger partial charge in [0.15, 0.2) is 0 Å². The van der Waals surface area contributed by atoms with E-state index in [1.165, 1.54) is 24.9 Å². The molecule has 1 fully saturated rings. The maximum Gasteiger partial charge on any atom is 0.305 e. The molecule has 3 aromatic rings. The molecule has 1 aromatic heterocycles. The number of carbonyl (C=O) groups is 1. The molecule has 1 aliphatic heterocycles. The summed E-state index contributed by atoms with van der Waals surface area (Å²) < 4.78 is 16.5. The lowest BCUT2D eigenvalue weighted by molar-refractivity contribution is -0.138. The van der Waals surface area contributed by atoms with Gasteiger partial charge in [-0.3, -0.25) is 4.79 Å². The van der Waals surface area contributed by atoms with Crippen LogP contribution >= 0.6 is 12.4 Å². The standard InChI is InChI=1S/C26H31N3O5.ClH/c1-18-6-3-4-12-29(18)23-10-9-21(15-22(23)17-32-2)26-27-25(28-34-26)20-8-5-7-19(14-20)16-33-13-11-24(30)31;/h5,7-10,14-15,18H,3-4,6,11-13,16-17H2,1-2H3,(H,30,31);1H. The van der Waals surface area contributed by atoms with Crippen molar-refractivity contribution in [3.05, 3.63) is 53.6 Å². The third-order valence-electron chi connectivity index (χ3n) is 6.08. The number of hydrogen-bond acceptors (Lipinski definition) is 7. The molecule has 0 saturated carbocycles. The molecule has 0 spiro atoms. The van der Waals surface area contributed by atoms with E-state index in [2.05, 4.69) is 34.1 Å². The molecule has 0 aliphatic carbocycles. The molecule has 0 radical (unpaired) electrons. The van der Waals surface area contributed by atoms with Crippen molar-refractivity contribution in [1.82, 2.24) is 10.1 Å². The van der Waals surface area contributed by atoms with Gasteiger partial charge in [0.2, 0.25) is 5.82 Å². The van der Waals surface area contributed by atoms with Crippen LogP contribution in [0.1, 0.15) is 43.7 Å². The van der Waals surface area contributed by atoms with E-state index in [1.54, 1.807) is 7.11 Å². The van der Waals surface area contributed by atoms with Crippen molar-refractivity contribution >= 4 is 24.1 Å². The van der Waals surface area contributed by atoms with Crippen LogP contribution in [-0.2, 0) is 27.5 Å². The highest BCUT2D eigenvalue weighted by molar-refractivity contribution is 5.85. The first-order valence-electron chi connectivity index (χ1n) is 11.7. The Bertz CT molecular complexity index is 1120. The van der Waals surface area contributed by atoms with Crippen molar-refractivity contribution in [2.24, 2.45) is 0 Å². The third kappa shape index (κ3) is 6.81. The lowest BCUT2D eigenvalue weighted by atomic mass is 10.00. The van der Waals surface area contributed by atoms with E-state index in [0.29, 0.717) is 31.0 Å². The Morgan fingerprint density at radius 2 is 2.03 bits per heavy atom. The molecule has 2 heterocycles. The van der Waals surface area contributed by atoms with E-state index in [1.807, 2.05) is 30.3 Å². The summed E-state index contributed by atoms with van der Waals surface area (Å²) >= 11 is 0. The molecule has 188 valence electrons. The number of hydrogen-bond donors (Lipinski definition) is 1. The van der Waals surface area contributed by atoms with Gasteiger partial charge in [-0.2, -0.15) is 4.98 Å². The number of benzene rings is 2. The molecule has 4 rings (SSSR count). The summed E-state index contributed by atoms with van der Waals surface area (Å²) in [5, 5.41) is 12.9. The normalized spacial score (nSPS) is 15.6. The van der Waals surface area contributed by atoms with Crippen LogP contribution in [-0.4, -0.2) is 47.5 Å². The topological polar surface area (TPSA) is 97.9 Å². The van der Waals surface area contributed by atoms with E-state index in [9.17, 15) is 4.79 Å². The summed E-state index contributed by atoms with van der Waals surface area (Å²) in [7, 11) is 1.71. The average molecular weight is 502 g/mol. The summed E-state index contributed by atoms with van der Waals surface area (Å²) in [6.45, 7) is 4.33. The lowest BCUT2D eigenvalue weighted by Crippen LogP contribution is -2.38. The molecule has 0 bridgehead atoms. The number of piperidine rings is 1. The van der Waals surface area contributed by atoms with Gasteiger partial charge in [0, 0.05) is 42.1 Å². The fraction of sp³-hybridized carbons (Fsp3) is 0.423. The fourth-order valence-corrected chi connectivity index (χ4v) is 4.33. The number of aromatic nitrogens is 2. The Hall–Kier alpha value is -2.94. The van der Waals surface area contributed by atoms with Gasteiger partial charge in [-0.1, -0.05) is 23.4 Å². The number of rotatable bonds is 10. The first kappa shape index (κ1) is 26.7. The van der Waals surface area contributed by atoms with Gasteiger partial charge in [-0.05, 0) is 56.0 Å². The summed E-state index contributed by atoms with van der Waals surface area (Å²) in [4.78, 5) is 17.7. The molecule has 1 saturated heterocycles. The van der Waals surface area contributed by atoms with Crippen LogP contribution in [0, 0.1) is 0 Å². The van der Waals surface area contributed by atoms with Gasteiger partial charge in [-0.15, -0.1) is 12.4 Å². The van der Waals surface area contributed by atoms with Gasteiger partial charge in [-0.25, -0.2) is 0 Å². The first-order valence-corrected chi connectivity index (χ1v) is 11.7. The Kier molecular flexibility index (Phi) is 9.65. The fourth-order valence-electron chi connectivity index (χ4n) is 4.33. The number of ether oxygens (including phenoxy) is 2. The minimum atomic E-state index is -0.875. The van der Waals surface area contributed by atoms with Crippen molar-refractivity contribution in [3.63, 3.8) is 0 Å². The van der Waals surface area contributed by atoms with Crippen LogP contribution in [0.5, 0.6) is 0 Å². The second kappa shape index (κ2) is 12.7. The number of nitrogens with zero attached hydrogens (tertiary/aromatic N) is 3. The van der Waals surface area contributed by atoms with Crippen molar-refractivity contribution < 1.29 is 23.9 Å². The summed E-state index contributed by atoms with van der Waals surface area (Å²) in [6.07, 6.45) is 3.66. The maximum absolute atomic E-state index is 10.6. The average Bonchev–Trinajstić information content (AvgIpc) is 3.33. The molecule has 0 amide bonds. The van der Waals surface area contributed by atoms with E-state index in [-0.39, 0.29) is 25.4 Å². The zero-order valence-electron chi connectivity index (χ0n) is 20.1. The Labute approximate surface area is 211 Å². The molecule has 9 heteroatoms. The largest absolute Gasteiger partial charge is 0.481 e. The minimum Gasteiger partial charge on any atom is -0.481 e. The molecule has 1 aliphatic rings. The number of anilines is 1. The van der Waals surface area contributed by atoms with Crippen molar-refractivity contribution in [2.75, 3.05) is 25.2 Å². The Morgan fingerprint density at radius 3 is 2.80 bits per heavy atom. The molecule has 8 nitrogen and oxygen atoms in total. The number of halogens is 1. The van der Waals surface area contributed by atoms with Crippen LogP contribution in [0.2, 0.25) is 0 Å². The number of carboxylic acid groups (broad SMARTS) is 1. The SMILES string of the molecule is COCc1cc(-c2nc(-c3cccc(COCCC(=O)O)c3)no2)ccc1N1CCCCC1C.Cl. The van der Waals surface area contributed by atoms with Gasteiger partial charge in [0.05, 0.1) is 26.2 Å². The molecular weight excluding hydrogens is 470 g/mol. The lowest BCUT2D eigenvalue weighted by Gasteiger charge is -2.36. The first-order chi connectivity index (χ1) is 16.5. The van der Waals surface area contributed by atoms with Crippen LogP contribution in [0.15, 0.2) is 47.0 Å². The van der Waals surface area contributed by atoms with Crippen LogP contribution < -0.4 is 4.90 Å². The highest BCUT2D eigenvalue weighted by Crippen LogP contribution is 2.32. The summed E-state index contributed by atoms with van der Waals surface area (Å²) in [5.74, 6) is 0.0679. The molecule has 2 aromatic carbocycles. The summed E-state index contributed by atoms with van der Waals surface area (Å²) in [6, 6.07) is 14.4. The van der Waals surface area contributed by atoms with Crippen LogP contribution in [0.3, 0.4) is 0 Å². The monoisotopic (exact) mass is 501 g/mol. The molecular formula is C26H32ClN3O5. The van der Waals surface area contributed by atoms with E-state index < -0.39 is 5.97 Å². The highest BCUT2D eigenvalue weighted by Gasteiger charge is 2.22. The smallest absolute Gasteiger partial charge is 0.305 e. The van der Waals surface area contributed by atoms with Gasteiger partial charge < -0.3 is 24.0 Å². The zero-order chi connectivity index (χ0) is 23.9. The second-order valence-corrected chi connectivity index (χ2v) is 8.63. The van der Waals surface area contributed by atoms with Crippen molar-refractivity contribution in [1.29, 1.82) is 0 Å². The second-order valence-electron chi connectivity index (χ2n) is 8.63. The molecule has 1 unspecified atom stereocenters. The third-order valence-corrected chi connectivity index (χ3v) is 6.08. The summed E-state index contributed by atoms with van der Waals surface area (Å²) in [5.41, 5.74) is 4.89. The highest BCUT2D eigenvalue weighted by atomic mass is 35.5. The van der Waals surface area contributed by atoms with E-state index in [4.69, 9.17) is 19.1 Å². The van der Waals surface area contributed by atoms with Crippen molar-refractivity contribution in [3.8, 4) is 22.8 Å². The van der Waals surface area contributed by atoms with Crippen LogP contribution in [0.4, 0.5) is 5.69 Å². The van der Waals surface area contributed by atoms with Gasteiger partial charge in [0.25, 0.3) is 5.89 Å². The predicted octanol–water partition coefficient (Wildman–Crippen LogP) is 5.34. The zero-order valence-corrected chi connectivity index (χ0v) is 20.9. The number of aliphatic carboxylic acids is 1. The van der Waals surface area contributed by atoms with E-state index >= 15 is 0 Å². The molecule has 35 heavy (non-hydrogen) atoms. The van der Waals surface area contributed by atoms with E-state index in [0.717, 1.165) is 28.8 Å². The van der Waals surface area contributed by atoms with Crippen LogP contribution in [0.25, 0.3) is 22.8 Å². The molecule has 1 atom stereocenters. The van der Waals surface area contributed by atoms with Gasteiger partial charge >= 0.3 is 5.97 Å². The maximum atomic E-state index is 10.6.